The summed E-state index contributed by atoms with van der Waals surface area (Å²) < 4.78 is 0. The van der Waals surface area contributed by atoms with Gasteiger partial charge in [-0.3, -0.25) is 0 Å². The number of aryl methyl sites for hydroxylation is 2. The van der Waals surface area contributed by atoms with Crippen LogP contribution in [0.1, 0.15) is 18.1 Å². The smallest absolute Gasteiger partial charge is 0.0604 e. The third-order valence-electron chi connectivity index (χ3n) is 2.17. The lowest BCUT2D eigenvalue weighted by atomic mass is 10.1. The van der Waals surface area contributed by atoms with E-state index in [0.717, 1.165) is 12.1 Å². The first-order valence-electron chi connectivity index (χ1n) is 4.72. The number of nitrogens with one attached hydrogen (secondary N) is 1. The quantitative estimate of drug-likeness (QED) is 0.740. The molecule has 2 heteroatoms. The van der Waals surface area contributed by atoms with E-state index in [4.69, 9.17) is 5.11 Å². The van der Waals surface area contributed by atoms with Crippen molar-refractivity contribution in [1.82, 2.24) is 0 Å². The van der Waals surface area contributed by atoms with Crippen molar-refractivity contribution < 1.29 is 5.11 Å². The summed E-state index contributed by atoms with van der Waals surface area (Å²) in [4.78, 5) is 0. The zero-order valence-corrected chi connectivity index (χ0v) is 8.30. The van der Waals surface area contributed by atoms with Gasteiger partial charge in [0.2, 0.25) is 0 Å². The van der Waals surface area contributed by atoms with E-state index < -0.39 is 0 Å². The van der Waals surface area contributed by atoms with E-state index in [1.807, 2.05) is 6.07 Å². The summed E-state index contributed by atoms with van der Waals surface area (Å²) in [6.45, 7) is 5.06. The van der Waals surface area contributed by atoms with Crippen LogP contribution in [0.25, 0.3) is 0 Å². The van der Waals surface area contributed by atoms with Gasteiger partial charge in [-0.05, 0) is 36.6 Å². The molecule has 0 spiro atoms. The minimum atomic E-state index is 0.176. The average molecular weight is 179 g/mol. The molecule has 0 aliphatic carbocycles. The molecule has 0 atom stereocenters. The van der Waals surface area contributed by atoms with Gasteiger partial charge in [-0.2, -0.15) is 0 Å². The van der Waals surface area contributed by atoms with E-state index in [1.54, 1.807) is 0 Å². The number of anilines is 1. The number of hydrogen-bond acceptors (Lipinski definition) is 2. The third kappa shape index (κ3) is 2.74. The number of hydrogen-bond donors (Lipinski definition) is 2. The molecule has 0 bridgehead atoms. The van der Waals surface area contributed by atoms with Crippen LogP contribution < -0.4 is 5.32 Å². The SMILES string of the molecule is CCc1cc(NCCO)ccc1C. The highest BCUT2D eigenvalue weighted by Crippen LogP contribution is 2.15. The van der Waals surface area contributed by atoms with Gasteiger partial charge >= 0.3 is 0 Å². The average Bonchev–Trinajstić information content (AvgIpc) is 2.16. The van der Waals surface area contributed by atoms with Crippen molar-refractivity contribution in [1.29, 1.82) is 0 Å². The standard InChI is InChI=1S/C11H17NO/c1-3-10-8-11(12-6-7-13)5-4-9(10)2/h4-5,8,12-13H,3,6-7H2,1-2H3. The second-order valence-corrected chi connectivity index (χ2v) is 3.15. The van der Waals surface area contributed by atoms with E-state index in [-0.39, 0.29) is 6.61 Å². The van der Waals surface area contributed by atoms with E-state index in [0.29, 0.717) is 6.54 Å². The molecule has 1 rings (SSSR count). The molecule has 0 aliphatic heterocycles. The van der Waals surface area contributed by atoms with Gasteiger partial charge in [0, 0.05) is 12.2 Å². The molecule has 13 heavy (non-hydrogen) atoms. The fourth-order valence-electron chi connectivity index (χ4n) is 1.36. The molecule has 0 fully saturated rings. The van der Waals surface area contributed by atoms with Crippen LogP contribution in [-0.2, 0) is 6.42 Å². The van der Waals surface area contributed by atoms with Crippen molar-refractivity contribution in [2.45, 2.75) is 20.3 Å². The molecule has 0 saturated heterocycles. The Morgan fingerprint density at radius 3 is 2.77 bits per heavy atom. The van der Waals surface area contributed by atoms with Gasteiger partial charge in [-0.1, -0.05) is 13.0 Å². The van der Waals surface area contributed by atoms with Crippen molar-refractivity contribution in [3.05, 3.63) is 29.3 Å². The molecule has 0 aromatic heterocycles. The van der Waals surface area contributed by atoms with Crippen molar-refractivity contribution >= 4 is 5.69 Å². The summed E-state index contributed by atoms with van der Waals surface area (Å²) in [6.07, 6.45) is 1.06. The van der Waals surface area contributed by atoms with Gasteiger partial charge in [0.1, 0.15) is 0 Å². The largest absolute Gasteiger partial charge is 0.395 e. The highest BCUT2D eigenvalue weighted by molar-refractivity contribution is 5.48. The van der Waals surface area contributed by atoms with Gasteiger partial charge in [0.25, 0.3) is 0 Å². The monoisotopic (exact) mass is 179 g/mol. The molecule has 72 valence electrons. The van der Waals surface area contributed by atoms with E-state index in [1.165, 1.54) is 11.1 Å². The lowest BCUT2D eigenvalue weighted by Crippen LogP contribution is -2.05. The molecule has 1 aromatic carbocycles. The number of aliphatic hydroxyl groups excluding tert-OH is 1. The highest BCUT2D eigenvalue weighted by atomic mass is 16.3. The molecule has 1 aromatic rings. The molecule has 2 N–H and O–H groups in total. The second kappa shape index (κ2) is 4.87. The lowest BCUT2D eigenvalue weighted by molar-refractivity contribution is 0.311. The Labute approximate surface area is 79.6 Å². The fraction of sp³-hybridized carbons (Fsp3) is 0.455. The zero-order chi connectivity index (χ0) is 9.68. The van der Waals surface area contributed by atoms with Crippen LogP contribution in [0.3, 0.4) is 0 Å². The normalized spacial score (nSPS) is 10.1. The highest BCUT2D eigenvalue weighted by Gasteiger charge is 1.97. The molecule has 0 amide bonds. The van der Waals surface area contributed by atoms with E-state index in [2.05, 4.69) is 31.3 Å². The summed E-state index contributed by atoms with van der Waals surface area (Å²) in [7, 11) is 0. The first-order chi connectivity index (χ1) is 6.27. The van der Waals surface area contributed by atoms with Crippen LogP contribution in [0.5, 0.6) is 0 Å². The summed E-state index contributed by atoms with van der Waals surface area (Å²) in [6, 6.07) is 6.30. The lowest BCUT2D eigenvalue weighted by Gasteiger charge is -2.08. The zero-order valence-electron chi connectivity index (χ0n) is 8.30. The Morgan fingerprint density at radius 2 is 2.15 bits per heavy atom. The van der Waals surface area contributed by atoms with Crippen molar-refractivity contribution in [3.63, 3.8) is 0 Å². The van der Waals surface area contributed by atoms with Gasteiger partial charge in [-0.15, -0.1) is 0 Å². The summed E-state index contributed by atoms with van der Waals surface area (Å²) >= 11 is 0. The Morgan fingerprint density at radius 1 is 1.38 bits per heavy atom. The topological polar surface area (TPSA) is 32.3 Å². The molecule has 0 heterocycles. The van der Waals surface area contributed by atoms with Crippen LogP contribution >= 0.6 is 0 Å². The van der Waals surface area contributed by atoms with Crippen molar-refractivity contribution in [3.8, 4) is 0 Å². The second-order valence-electron chi connectivity index (χ2n) is 3.15. The Hall–Kier alpha value is -1.02. The van der Waals surface area contributed by atoms with Crippen LogP contribution in [0.4, 0.5) is 5.69 Å². The number of rotatable bonds is 4. The fourth-order valence-corrected chi connectivity index (χ4v) is 1.36. The maximum Gasteiger partial charge on any atom is 0.0604 e. The summed E-state index contributed by atoms with van der Waals surface area (Å²) in [5, 5.41) is 11.8. The van der Waals surface area contributed by atoms with Gasteiger partial charge in [0.05, 0.1) is 6.61 Å². The summed E-state index contributed by atoms with van der Waals surface area (Å²) in [5.41, 5.74) is 3.79. The van der Waals surface area contributed by atoms with Crippen LogP contribution in [0, 0.1) is 6.92 Å². The third-order valence-corrected chi connectivity index (χ3v) is 2.17. The van der Waals surface area contributed by atoms with Crippen LogP contribution in [0.15, 0.2) is 18.2 Å². The minimum absolute atomic E-state index is 0.176. The Bertz CT molecular complexity index is 271. The Kier molecular flexibility index (Phi) is 3.77. The summed E-state index contributed by atoms with van der Waals surface area (Å²) in [5.74, 6) is 0. The first kappa shape index (κ1) is 10.1. The van der Waals surface area contributed by atoms with Gasteiger partial charge < -0.3 is 10.4 Å². The van der Waals surface area contributed by atoms with Crippen molar-refractivity contribution in [2.24, 2.45) is 0 Å². The van der Waals surface area contributed by atoms with Crippen LogP contribution in [-0.4, -0.2) is 18.3 Å². The maximum atomic E-state index is 8.65. The molecule has 2 nitrogen and oxygen atoms in total. The van der Waals surface area contributed by atoms with Crippen LogP contribution in [0.2, 0.25) is 0 Å². The van der Waals surface area contributed by atoms with Gasteiger partial charge in [-0.25, -0.2) is 0 Å². The number of aliphatic hydroxyl groups is 1. The van der Waals surface area contributed by atoms with Crippen molar-refractivity contribution in [2.75, 3.05) is 18.5 Å². The van der Waals surface area contributed by atoms with Gasteiger partial charge in [0.15, 0.2) is 0 Å². The van der Waals surface area contributed by atoms with E-state index >= 15 is 0 Å². The maximum absolute atomic E-state index is 8.65. The first-order valence-corrected chi connectivity index (χ1v) is 4.72. The predicted molar refractivity (Wildman–Crippen MR) is 56.1 cm³/mol. The molecule has 0 aliphatic rings. The molecular weight excluding hydrogens is 162 g/mol. The minimum Gasteiger partial charge on any atom is -0.395 e. The predicted octanol–water partition coefficient (Wildman–Crippen LogP) is 1.96. The molecular formula is C11H17NO. The molecule has 0 unspecified atom stereocenters. The molecule has 0 radical (unpaired) electrons. The molecule has 0 saturated carbocycles. The van der Waals surface area contributed by atoms with E-state index in [9.17, 15) is 0 Å². The Balaban J connectivity index is 2.74. The number of benzene rings is 1.